The first-order valence-electron chi connectivity index (χ1n) is 4.05. The highest BCUT2D eigenvalue weighted by molar-refractivity contribution is 5.43. The van der Waals surface area contributed by atoms with Gasteiger partial charge in [-0.2, -0.15) is 4.98 Å². The highest BCUT2D eigenvalue weighted by atomic mass is 16.1. The van der Waals surface area contributed by atoms with Gasteiger partial charge in [0.25, 0.3) is 5.95 Å². The lowest BCUT2D eigenvalue weighted by Crippen LogP contribution is -2.28. The Morgan fingerprint density at radius 1 is 1.54 bits per heavy atom. The van der Waals surface area contributed by atoms with Crippen molar-refractivity contribution in [2.24, 2.45) is 4.99 Å². The fourth-order valence-corrected chi connectivity index (χ4v) is 1.40. The van der Waals surface area contributed by atoms with E-state index < -0.39 is 0 Å². The Morgan fingerprint density at radius 3 is 3.08 bits per heavy atom. The molecule has 1 aliphatic heterocycles. The number of anilines is 1. The summed E-state index contributed by atoms with van der Waals surface area (Å²) in [5, 5.41) is 4.03. The summed E-state index contributed by atoms with van der Waals surface area (Å²) >= 11 is 0. The molecule has 2 heterocycles. The molecule has 1 aromatic rings. The maximum Gasteiger partial charge on any atom is 0.281 e. The molecule has 1 aromatic heterocycles. The van der Waals surface area contributed by atoms with E-state index in [0.717, 1.165) is 25.5 Å². The summed E-state index contributed by atoms with van der Waals surface area (Å²) in [6, 6.07) is 0. The molecule has 0 spiro atoms. The van der Waals surface area contributed by atoms with Crippen molar-refractivity contribution in [2.45, 2.75) is 13.0 Å². The Labute approximate surface area is 74.9 Å². The minimum atomic E-state index is 0.193. The Kier molecular flexibility index (Phi) is 1.83. The van der Waals surface area contributed by atoms with E-state index in [2.05, 4.69) is 15.1 Å². The molecule has 0 amide bonds. The Hall–Kier alpha value is -1.68. The minimum Gasteiger partial charge on any atom is -0.344 e. The quantitative estimate of drug-likeness (QED) is 0.452. The zero-order chi connectivity index (χ0) is 9.26. The highest BCUT2D eigenvalue weighted by Gasteiger charge is 2.17. The molecule has 0 aromatic carbocycles. The number of rotatable bonds is 1. The number of fused-ring (bicyclic) bond motifs is 1. The van der Waals surface area contributed by atoms with E-state index in [-0.39, 0.29) is 5.95 Å². The normalized spacial score (nSPS) is 15.0. The van der Waals surface area contributed by atoms with Crippen LogP contribution in [0.4, 0.5) is 11.9 Å². The molecule has 0 aliphatic carbocycles. The standard InChI is InChI=1S/C7H9N5O/c1-11-3-2-4-12-7(11)9-6(10-12)8-5-13/h2-4H2,1H3. The van der Waals surface area contributed by atoms with E-state index >= 15 is 0 Å². The van der Waals surface area contributed by atoms with Crippen molar-refractivity contribution < 1.29 is 4.79 Å². The van der Waals surface area contributed by atoms with Gasteiger partial charge in [0.2, 0.25) is 12.0 Å². The monoisotopic (exact) mass is 179 g/mol. The van der Waals surface area contributed by atoms with Gasteiger partial charge < -0.3 is 4.90 Å². The van der Waals surface area contributed by atoms with Gasteiger partial charge in [-0.15, -0.1) is 10.1 Å². The fourth-order valence-electron chi connectivity index (χ4n) is 1.40. The van der Waals surface area contributed by atoms with Crippen molar-refractivity contribution >= 4 is 18.0 Å². The van der Waals surface area contributed by atoms with Crippen molar-refractivity contribution in [2.75, 3.05) is 18.5 Å². The summed E-state index contributed by atoms with van der Waals surface area (Å²) in [5.41, 5.74) is 0. The van der Waals surface area contributed by atoms with Crippen molar-refractivity contribution in [1.82, 2.24) is 14.8 Å². The van der Waals surface area contributed by atoms with Gasteiger partial charge in [0, 0.05) is 20.1 Å². The lowest BCUT2D eigenvalue weighted by molar-refractivity contribution is 0.530. The smallest absolute Gasteiger partial charge is 0.281 e. The summed E-state index contributed by atoms with van der Waals surface area (Å²) < 4.78 is 1.75. The van der Waals surface area contributed by atoms with E-state index in [1.165, 1.54) is 6.08 Å². The lowest BCUT2D eigenvalue weighted by atomic mass is 10.3. The van der Waals surface area contributed by atoms with Gasteiger partial charge in [-0.05, 0) is 6.42 Å². The third kappa shape index (κ3) is 1.31. The van der Waals surface area contributed by atoms with Gasteiger partial charge in [-0.25, -0.2) is 9.48 Å². The molecule has 68 valence electrons. The molecule has 0 N–H and O–H groups in total. The van der Waals surface area contributed by atoms with Crippen LogP contribution in [-0.2, 0) is 11.3 Å². The van der Waals surface area contributed by atoms with Crippen molar-refractivity contribution in [3.05, 3.63) is 0 Å². The van der Waals surface area contributed by atoms with Crippen LogP contribution in [0.3, 0.4) is 0 Å². The van der Waals surface area contributed by atoms with Gasteiger partial charge in [0.1, 0.15) is 0 Å². The zero-order valence-electron chi connectivity index (χ0n) is 7.27. The van der Waals surface area contributed by atoms with Crippen LogP contribution in [0.15, 0.2) is 4.99 Å². The topological polar surface area (TPSA) is 63.4 Å². The molecule has 0 radical (unpaired) electrons. The molecular formula is C7H9N5O. The van der Waals surface area contributed by atoms with Gasteiger partial charge >= 0.3 is 0 Å². The van der Waals surface area contributed by atoms with Crippen LogP contribution in [0.25, 0.3) is 0 Å². The van der Waals surface area contributed by atoms with Gasteiger partial charge in [-0.3, -0.25) is 0 Å². The molecule has 0 saturated heterocycles. The first-order valence-corrected chi connectivity index (χ1v) is 4.05. The number of nitrogens with zero attached hydrogens (tertiary/aromatic N) is 5. The van der Waals surface area contributed by atoms with Crippen LogP contribution in [-0.4, -0.2) is 34.4 Å². The fraction of sp³-hybridized carbons (Fsp3) is 0.571. The largest absolute Gasteiger partial charge is 0.344 e. The third-order valence-corrected chi connectivity index (χ3v) is 1.99. The average Bonchev–Trinajstić information content (AvgIpc) is 2.49. The SMILES string of the molecule is CN1CCCn2nc(N=C=O)nc21. The van der Waals surface area contributed by atoms with E-state index in [4.69, 9.17) is 0 Å². The van der Waals surface area contributed by atoms with Crippen molar-refractivity contribution in [3.8, 4) is 0 Å². The number of hydrogen-bond acceptors (Lipinski definition) is 5. The molecule has 0 saturated carbocycles. The second kappa shape index (κ2) is 2.99. The predicted octanol–water partition coefficient (Wildman–Crippen LogP) is 0.0853. The molecule has 0 unspecified atom stereocenters. The Bertz CT molecular complexity index is 365. The first-order chi connectivity index (χ1) is 6.31. The number of aryl methyl sites for hydroxylation is 1. The number of aliphatic imine (C=N–C) groups is 1. The number of aromatic nitrogens is 3. The maximum absolute atomic E-state index is 9.97. The third-order valence-electron chi connectivity index (χ3n) is 1.99. The molecule has 2 rings (SSSR count). The maximum atomic E-state index is 9.97. The van der Waals surface area contributed by atoms with Crippen LogP contribution in [0.5, 0.6) is 0 Å². The first kappa shape index (κ1) is 7.94. The molecule has 0 bridgehead atoms. The van der Waals surface area contributed by atoms with Crippen molar-refractivity contribution in [1.29, 1.82) is 0 Å². The molecule has 6 heteroatoms. The van der Waals surface area contributed by atoms with Crippen LogP contribution >= 0.6 is 0 Å². The van der Waals surface area contributed by atoms with Crippen LogP contribution in [0, 0.1) is 0 Å². The summed E-state index contributed by atoms with van der Waals surface area (Å²) in [6.07, 6.45) is 2.46. The number of carbonyl (C=O) groups excluding carboxylic acids is 1. The molecule has 0 atom stereocenters. The summed E-state index contributed by atoms with van der Waals surface area (Å²) in [4.78, 5) is 19.4. The summed E-state index contributed by atoms with van der Waals surface area (Å²) in [6.45, 7) is 1.80. The number of hydrogen-bond donors (Lipinski definition) is 0. The highest BCUT2D eigenvalue weighted by Crippen LogP contribution is 2.18. The predicted molar refractivity (Wildman–Crippen MR) is 45.7 cm³/mol. The van der Waals surface area contributed by atoms with Crippen LogP contribution in [0.1, 0.15) is 6.42 Å². The van der Waals surface area contributed by atoms with Gasteiger partial charge in [-0.1, -0.05) is 0 Å². The minimum absolute atomic E-state index is 0.193. The van der Waals surface area contributed by atoms with Crippen LogP contribution in [0.2, 0.25) is 0 Å². The Morgan fingerprint density at radius 2 is 2.38 bits per heavy atom. The van der Waals surface area contributed by atoms with E-state index in [9.17, 15) is 4.79 Å². The molecule has 13 heavy (non-hydrogen) atoms. The van der Waals surface area contributed by atoms with Crippen LogP contribution < -0.4 is 4.90 Å². The van der Waals surface area contributed by atoms with Crippen molar-refractivity contribution in [3.63, 3.8) is 0 Å². The average molecular weight is 179 g/mol. The molecule has 0 fully saturated rings. The van der Waals surface area contributed by atoms with E-state index in [1.54, 1.807) is 4.68 Å². The lowest BCUT2D eigenvalue weighted by Gasteiger charge is -2.22. The summed E-state index contributed by atoms with van der Waals surface area (Å²) in [5.74, 6) is 0.957. The van der Waals surface area contributed by atoms with E-state index in [0.29, 0.717) is 0 Å². The second-order valence-corrected chi connectivity index (χ2v) is 2.91. The van der Waals surface area contributed by atoms with E-state index in [1.807, 2.05) is 11.9 Å². The zero-order valence-corrected chi connectivity index (χ0v) is 7.27. The summed E-state index contributed by atoms with van der Waals surface area (Å²) in [7, 11) is 1.94. The molecule has 6 nitrogen and oxygen atoms in total. The number of isocyanates is 1. The van der Waals surface area contributed by atoms with Gasteiger partial charge in [0.05, 0.1) is 0 Å². The molecule has 1 aliphatic rings. The molecular weight excluding hydrogens is 170 g/mol. The van der Waals surface area contributed by atoms with Gasteiger partial charge in [0.15, 0.2) is 0 Å². The Balaban J connectivity index is 2.41. The second-order valence-electron chi connectivity index (χ2n) is 2.91.